The van der Waals surface area contributed by atoms with Crippen LogP contribution in [-0.2, 0) is 16.1 Å². The van der Waals surface area contributed by atoms with Crippen LogP contribution in [0.4, 0.5) is 5.69 Å². The molecule has 0 radical (unpaired) electrons. The molecule has 0 aliphatic heterocycles. The van der Waals surface area contributed by atoms with Crippen molar-refractivity contribution in [2.45, 2.75) is 13.0 Å². The third-order valence-corrected chi connectivity index (χ3v) is 3.58. The van der Waals surface area contributed by atoms with Gasteiger partial charge < -0.3 is 15.0 Å². The summed E-state index contributed by atoms with van der Waals surface area (Å²) in [6.07, 6.45) is 0.381. The number of hydrogen-bond acceptors (Lipinski definition) is 4. The molecule has 0 heterocycles. The number of hydrogen-bond donors (Lipinski definition) is 1. The minimum Gasteiger partial charge on any atom is -0.465 e. The van der Waals surface area contributed by atoms with Crippen molar-refractivity contribution in [2.24, 2.45) is 0 Å². The van der Waals surface area contributed by atoms with Gasteiger partial charge in [-0.05, 0) is 30.8 Å². The second-order valence-electron chi connectivity index (χ2n) is 5.59. The SMILES string of the molecule is COC(=O)c1cccc(NC(=O)CCN(C)Cc2ccccc2)c1. The zero-order valence-corrected chi connectivity index (χ0v) is 14.0. The molecule has 0 aliphatic rings. The van der Waals surface area contributed by atoms with Gasteiger partial charge in [0, 0.05) is 25.2 Å². The number of nitrogens with zero attached hydrogens (tertiary/aromatic N) is 1. The Labute approximate surface area is 142 Å². The van der Waals surface area contributed by atoms with Crippen LogP contribution in [0, 0.1) is 0 Å². The summed E-state index contributed by atoms with van der Waals surface area (Å²) in [6, 6.07) is 16.8. The van der Waals surface area contributed by atoms with Crippen molar-refractivity contribution in [2.75, 3.05) is 26.0 Å². The Morgan fingerprint density at radius 1 is 1.08 bits per heavy atom. The number of methoxy groups -OCH3 is 1. The molecule has 0 saturated heterocycles. The van der Waals surface area contributed by atoms with Gasteiger partial charge in [-0.1, -0.05) is 36.4 Å². The highest BCUT2D eigenvalue weighted by molar-refractivity contribution is 5.94. The van der Waals surface area contributed by atoms with Gasteiger partial charge in [0.1, 0.15) is 0 Å². The van der Waals surface area contributed by atoms with E-state index in [9.17, 15) is 9.59 Å². The van der Waals surface area contributed by atoms with E-state index in [1.54, 1.807) is 24.3 Å². The molecule has 126 valence electrons. The first-order chi connectivity index (χ1) is 11.6. The Balaban J connectivity index is 1.82. The smallest absolute Gasteiger partial charge is 0.337 e. The van der Waals surface area contributed by atoms with Crippen molar-refractivity contribution in [3.05, 3.63) is 65.7 Å². The maximum Gasteiger partial charge on any atom is 0.337 e. The minimum atomic E-state index is -0.423. The Bertz CT molecular complexity index is 686. The molecule has 0 saturated carbocycles. The van der Waals surface area contributed by atoms with E-state index in [0.29, 0.717) is 24.2 Å². The van der Waals surface area contributed by atoms with Crippen molar-refractivity contribution in [1.82, 2.24) is 4.90 Å². The van der Waals surface area contributed by atoms with Gasteiger partial charge in [0.2, 0.25) is 5.91 Å². The Kier molecular flexibility index (Phi) is 6.51. The van der Waals surface area contributed by atoms with E-state index in [4.69, 9.17) is 0 Å². The standard InChI is InChI=1S/C19H22N2O3/c1-21(14-15-7-4-3-5-8-15)12-11-18(22)20-17-10-6-9-16(13-17)19(23)24-2/h3-10,13H,11-12,14H2,1-2H3,(H,20,22). The summed E-state index contributed by atoms with van der Waals surface area (Å²) in [5, 5.41) is 2.81. The number of ether oxygens (including phenoxy) is 1. The van der Waals surface area contributed by atoms with Crippen molar-refractivity contribution in [3.63, 3.8) is 0 Å². The highest BCUT2D eigenvalue weighted by Crippen LogP contribution is 2.12. The fourth-order valence-corrected chi connectivity index (χ4v) is 2.33. The molecule has 5 nitrogen and oxygen atoms in total. The number of benzene rings is 2. The van der Waals surface area contributed by atoms with E-state index in [2.05, 4.69) is 27.1 Å². The fraction of sp³-hybridized carbons (Fsp3) is 0.263. The first kappa shape index (κ1) is 17.7. The van der Waals surface area contributed by atoms with Gasteiger partial charge in [-0.25, -0.2) is 4.79 Å². The van der Waals surface area contributed by atoms with Gasteiger partial charge >= 0.3 is 5.97 Å². The maximum absolute atomic E-state index is 12.1. The van der Waals surface area contributed by atoms with Crippen molar-refractivity contribution in [1.29, 1.82) is 0 Å². The summed E-state index contributed by atoms with van der Waals surface area (Å²) >= 11 is 0. The summed E-state index contributed by atoms with van der Waals surface area (Å²) in [7, 11) is 3.31. The molecule has 1 amide bonds. The zero-order chi connectivity index (χ0) is 17.4. The normalized spacial score (nSPS) is 10.5. The van der Waals surface area contributed by atoms with Gasteiger partial charge in [0.15, 0.2) is 0 Å². The summed E-state index contributed by atoms with van der Waals surface area (Å²) in [4.78, 5) is 25.7. The molecular formula is C19H22N2O3. The molecule has 0 spiro atoms. The number of carbonyl (C=O) groups excluding carboxylic acids is 2. The molecule has 0 bridgehead atoms. The molecular weight excluding hydrogens is 304 g/mol. The Morgan fingerprint density at radius 3 is 2.54 bits per heavy atom. The zero-order valence-electron chi connectivity index (χ0n) is 14.0. The lowest BCUT2D eigenvalue weighted by Gasteiger charge is -2.16. The first-order valence-electron chi connectivity index (χ1n) is 7.79. The molecule has 0 unspecified atom stereocenters. The van der Waals surface area contributed by atoms with Crippen molar-refractivity contribution in [3.8, 4) is 0 Å². The molecule has 0 aromatic heterocycles. The summed E-state index contributed by atoms with van der Waals surface area (Å²) < 4.78 is 4.67. The number of nitrogens with one attached hydrogen (secondary N) is 1. The van der Waals surface area contributed by atoms with Crippen molar-refractivity contribution >= 4 is 17.6 Å². The van der Waals surface area contributed by atoms with Crippen LogP contribution < -0.4 is 5.32 Å². The first-order valence-corrected chi connectivity index (χ1v) is 7.79. The average Bonchev–Trinajstić information content (AvgIpc) is 2.60. The van der Waals surface area contributed by atoms with E-state index in [1.807, 2.05) is 25.2 Å². The average molecular weight is 326 g/mol. The molecule has 24 heavy (non-hydrogen) atoms. The summed E-state index contributed by atoms with van der Waals surface area (Å²) in [5.41, 5.74) is 2.22. The van der Waals surface area contributed by atoms with Gasteiger partial charge in [-0.15, -0.1) is 0 Å². The molecule has 5 heteroatoms. The third kappa shape index (κ3) is 5.52. The monoisotopic (exact) mass is 326 g/mol. The molecule has 2 aromatic rings. The van der Waals surface area contributed by atoms with Gasteiger partial charge in [0.05, 0.1) is 12.7 Å². The highest BCUT2D eigenvalue weighted by atomic mass is 16.5. The lowest BCUT2D eigenvalue weighted by atomic mass is 10.2. The topological polar surface area (TPSA) is 58.6 Å². The lowest BCUT2D eigenvalue weighted by Crippen LogP contribution is -2.24. The van der Waals surface area contributed by atoms with Crippen LogP contribution in [0.1, 0.15) is 22.3 Å². The second-order valence-corrected chi connectivity index (χ2v) is 5.59. The molecule has 0 atom stereocenters. The predicted molar refractivity (Wildman–Crippen MR) is 93.8 cm³/mol. The fourth-order valence-electron chi connectivity index (χ4n) is 2.33. The van der Waals surface area contributed by atoms with Crippen LogP contribution in [0.15, 0.2) is 54.6 Å². The van der Waals surface area contributed by atoms with Crippen molar-refractivity contribution < 1.29 is 14.3 Å². The van der Waals surface area contributed by atoms with Crippen LogP contribution in [0.25, 0.3) is 0 Å². The summed E-state index contributed by atoms with van der Waals surface area (Å²) in [5.74, 6) is -0.509. The number of anilines is 1. The lowest BCUT2D eigenvalue weighted by molar-refractivity contribution is -0.116. The molecule has 2 aromatic carbocycles. The van der Waals surface area contributed by atoms with Crippen LogP contribution >= 0.6 is 0 Å². The largest absolute Gasteiger partial charge is 0.465 e. The van der Waals surface area contributed by atoms with Crippen LogP contribution in [0.2, 0.25) is 0 Å². The number of rotatable bonds is 7. The molecule has 0 aliphatic carbocycles. The Hall–Kier alpha value is -2.66. The molecule has 0 fully saturated rings. The minimum absolute atomic E-state index is 0.0862. The summed E-state index contributed by atoms with van der Waals surface area (Å²) in [6.45, 7) is 1.45. The van der Waals surface area contributed by atoms with Crippen LogP contribution in [-0.4, -0.2) is 37.5 Å². The third-order valence-electron chi connectivity index (χ3n) is 3.58. The molecule has 1 N–H and O–H groups in total. The van der Waals surface area contributed by atoms with E-state index in [-0.39, 0.29) is 5.91 Å². The van der Waals surface area contributed by atoms with E-state index in [0.717, 1.165) is 6.54 Å². The van der Waals surface area contributed by atoms with Gasteiger partial charge in [-0.2, -0.15) is 0 Å². The number of carbonyl (C=O) groups is 2. The Morgan fingerprint density at radius 2 is 1.83 bits per heavy atom. The van der Waals surface area contributed by atoms with Gasteiger partial charge in [-0.3, -0.25) is 4.79 Å². The highest BCUT2D eigenvalue weighted by Gasteiger charge is 2.09. The van der Waals surface area contributed by atoms with Crippen LogP contribution in [0.5, 0.6) is 0 Å². The predicted octanol–water partition coefficient (Wildman–Crippen LogP) is 2.93. The number of amides is 1. The van der Waals surface area contributed by atoms with Crippen LogP contribution in [0.3, 0.4) is 0 Å². The maximum atomic E-state index is 12.1. The quantitative estimate of drug-likeness (QED) is 0.795. The van der Waals surface area contributed by atoms with E-state index < -0.39 is 5.97 Å². The second kappa shape index (κ2) is 8.84. The number of esters is 1. The van der Waals surface area contributed by atoms with E-state index in [1.165, 1.54) is 12.7 Å². The van der Waals surface area contributed by atoms with Gasteiger partial charge in [0.25, 0.3) is 0 Å². The molecule has 2 rings (SSSR count). The van der Waals surface area contributed by atoms with E-state index >= 15 is 0 Å².